The van der Waals surface area contributed by atoms with Crippen LogP contribution in [0.4, 0.5) is 0 Å². The van der Waals surface area contributed by atoms with Gasteiger partial charge in [0.1, 0.15) is 17.8 Å². The van der Waals surface area contributed by atoms with E-state index in [0.29, 0.717) is 18.6 Å². The fourth-order valence-electron chi connectivity index (χ4n) is 12.0. The van der Waals surface area contributed by atoms with Crippen molar-refractivity contribution in [3.8, 4) is 0 Å². The van der Waals surface area contributed by atoms with Crippen molar-refractivity contribution in [3.63, 3.8) is 0 Å². The van der Waals surface area contributed by atoms with E-state index in [1.807, 2.05) is 13.2 Å². The Morgan fingerprint density at radius 1 is 1.02 bits per heavy atom. The van der Waals surface area contributed by atoms with Gasteiger partial charge in [0.25, 0.3) is 0 Å². The second kappa shape index (κ2) is 9.71. The standard InChI is InChI=1S/C32H45NO8/c1-6-33-15-30(16-37-2)13-12-19(38-3)32-18-14-31(36)27(41-29(35)17-10-8-7-9-11-17)20(18)21(23(34)28(31)40-5)22(26(32)33)24(39-4)25(30)32/h7-11,18-28,34,36H,6,12-16H2,1-5H3/t18-,19+,20+,21+,22+,23-,24+,25-,26-,27-,28+,30+,31+,32+/m1/s1. The topological polar surface area (TPSA) is 107 Å². The third-order valence-corrected chi connectivity index (χ3v) is 12.6. The number of rotatable bonds is 8. The highest BCUT2D eigenvalue weighted by Crippen LogP contribution is 2.79. The SMILES string of the molecule is CCN1C[C@]2(COC)CC[C@H](OC)[C@@]34[C@@H]5C[C@]6(O)[C@H](OC(=O)c7ccccc7)[C@@H]5[C@H]([C@@H](O)[C@@H]6OC)[C@@H]([C@H](OC)[C@H]23)[C@@H]14. The van der Waals surface area contributed by atoms with Crippen LogP contribution in [0.15, 0.2) is 30.3 Å². The number of esters is 1. The number of aliphatic hydroxyl groups excluding tert-OH is 1. The van der Waals surface area contributed by atoms with Gasteiger partial charge in [0, 0.05) is 75.5 Å². The van der Waals surface area contributed by atoms with Crippen LogP contribution in [0.3, 0.4) is 0 Å². The van der Waals surface area contributed by atoms with Crippen LogP contribution in [-0.2, 0) is 23.7 Å². The molecule has 1 aromatic carbocycles. The van der Waals surface area contributed by atoms with Gasteiger partial charge in [-0.25, -0.2) is 4.79 Å². The average Bonchev–Trinajstić information content (AvgIpc) is 3.32. The summed E-state index contributed by atoms with van der Waals surface area (Å²) in [6.07, 6.45) is -0.605. The number of aliphatic hydroxyl groups is 2. The fraction of sp³-hybridized carbons (Fsp3) is 0.781. The van der Waals surface area contributed by atoms with Crippen LogP contribution in [0.5, 0.6) is 0 Å². The van der Waals surface area contributed by atoms with Gasteiger partial charge in [0.15, 0.2) is 0 Å². The molecule has 1 spiro atoms. The Kier molecular flexibility index (Phi) is 6.68. The van der Waals surface area contributed by atoms with Crippen LogP contribution >= 0.6 is 0 Å². The summed E-state index contributed by atoms with van der Waals surface area (Å²) >= 11 is 0. The quantitative estimate of drug-likeness (QED) is 0.453. The zero-order valence-corrected chi connectivity index (χ0v) is 24.8. The van der Waals surface area contributed by atoms with Crippen molar-refractivity contribution in [2.24, 2.45) is 40.4 Å². The van der Waals surface area contributed by atoms with E-state index in [-0.39, 0.29) is 58.7 Å². The van der Waals surface area contributed by atoms with Gasteiger partial charge in [0.2, 0.25) is 0 Å². The molecule has 2 N–H and O–H groups in total. The number of methoxy groups -OCH3 is 4. The number of likely N-dealkylation sites (tertiary alicyclic amines) is 1. The smallest absolute Gasteiger partial charge is 0.338 e. The summed E-state index contributed by atoms with van der Waals surface area (Å²) < 4.78 is 31.2. The Morgan fingerprint density at radius 2 is 1.78 bits per heavy atom. The number of ether oxygens (including phenoxy) is 5. The third kappa shape index (κ3) is 3.29. The minimum Gasteiger partial charge on any atom is -0.455 e. The highest BCUT2D eigenvalue weighted by atomic mass is 16.6. The highest BCUT2D eigenvalue weighted by molar-refractivity contribution is 5.89. The van der Waals surface area contributed by atoms with Crippen molar-refractivity contribution >= 4 is 5.97 Å². The molecule has 41 heavy (non-hydrogen) atoms. The number of hydrogen-bond acceptors (Lipinski definition) is 9. The van der Waals surface area contributed by atoms with Crippen LogP contribution in [0.1, 0.15) is 36.5 Å². The number of benzene rings is 1. The molecule has 5 aliphatic carbocycles. The molecule has 14 atom stereocenters. The molecule has 0 aromatic heterocycles. The van der Waals surface area contributed by atoms with Crippen molar-refractivity contribution in [1.82, 2.24) is 4.90 Å². The molecule has 1 saturated heterocycles. The van der Waals surface area contributed by atoms with Crippen LogP contribution in [0.2, 0.25) is 0 Å². The molecular formula is C32H45NO8. The second-order valence-corrected chi connectivity index (χ2v) is 13.6. The number of piperidine rings is 1. The molecule has 9 nitrogen and oxygen atoms in total. The maximum absolute atomic E-state index is 13.5. The molecule has 5 saturated carbocycles. The summed E-state index contributed by atoms with van der Waals surface area (Å²) in [4.78, 5) is 16.1. The summed E-state index contributed by atoms with van der Waals surface area (Å²) in [6.45, 7) is 4.60. The number of fused-ring (bicyclic) bond motifs is 2. The average molecular weight is 572 g/mol. The van der Waals surface area contributed by atoms with E-state index in [1.54, 1.807) is 38.5 Å². The van der Waals surface area contributed by atoms with Crippen LogP contribution in [0.25, 0.3) is 0 Å². The van der Waals surface area contributed by atoms with Gasteiger partial charge >= 0.3 is 5.97 Å². The molecule has 6 fully saturated rings. The van der Waals surface area contributed by atoms with E-state index in [1.165, 1.54) is 7.11 Å². The van der Waals surface area contributed by atoms with Crippen LogP contribution in [0, 0.1) is 40.4 Å². The van der Waals surface area contributed by atoms with Crippen molar-refractivity contribution < 1.29 is 38.7 Å². The number of hydrogen-bond donors (Lipinski definition) is 2. The van der Waals surface area contributed by atoms with Gasteiger partial charge in [-0.3, -0.25) is 4.90 Å². The first-order chi connectivity index (χ1) is 19.8. The molecule has 1 aromatic rings. The molecule has 226 valence electrons. The van der Waals surface area contributed by atoms with Crippen molar-refractivity contribution in [1.29, 1.82) is 0 Å². The van der Waals surface area contributed by atoms with Gasteiger partial charge in [-0.1, -0.05) is 25.1 Å². The molecule has 0 amide bonds. The van der Waals surface area contributed by atoms with E-state index in [2.05, 4.69) is 11.8 Å². The first-order valence-corrected chi connectivity index (χ1v) is 15.3. The molecule has 0 unspecified atom stereocenters. The maximum atomic E-state index is 13.5. The first-order valence-electron chi connectivity index (χ1n) is 15.3. The fourth-order valence-corrected chi connectivity index (χ4v) is 12.0. The number of carbonyl (C=O) groups is 1. The molecule has 9 heteroatoms. The Balaban J connectivity index is 1.43. The van der Waals surface area contributed by atoms with E-state index >= 15 is 0 Å². The van der Waals surface area contributed by atoms with E-state index < -0.39 is 29.9 Å². The lowest BCUT2D eigenvalue weighted by atomic mass is 9.43. The van der Waals surface area contributed by atoms with E-state index in [4.69, 9.17) is 23.7 Å². The predicted molar refractivity (Wildman–Crippen MR) is 148 cm³/mol. The monoisotopic (exact) mass is 571 g/mol. The molecule has 0 radical (unpaired) electrons. The summed E-state index contributed by atoms with van der Waals surface area (Å²) in [6, 6.07) is 9.03. The third-order valence-electron chi connectivity index (χ3n) is 12.6. The predicted octanol–water partition coefficient (Wildman–Crippen LogP) is 1.99. The molecule has 7 bridgehead atoms. The van der Waals surface area contributed by atoms with Crippen LogP contribution in [-0.4, -0.2) is 111 Å². The van der Waals surface area contributed by atoms with Gasteiger partial charge in [-0.15, -0.1) is 0 Å². The number of nitrogens with zero attached hydrogens (tertiary/aromatic N) is 1. The lowest BCUT2D eigenvalue weighted by molar-refractivity contribution is -0.263. The summed E-state index contributed by atoms with van der Waals surface area (Å²) in [5.74, 6) is -0.998. The normalized spacial score (nSPS) is 51.0. The summed E-state index contributed by atoms with van der Waals surface area (Å²) in [5, 5.41) is 24.6. The molecule has 6 aliphatic rings. The Bertz CT molecular complexity index is 1170. The second-order valence-electron chi connectivity index (χ2n) is 13.6. The molecule has 1 aliphatic heterocycles. The lowest BCUT2D eigenvalue weighted by Gasteiger charge is -2.68. The number of carbonyl (C=O) groups excluding carboxylic acids is 1. The lowest BCUT2D eigenvalue weighted by Crippen LogP contribution is -2.75. The minimum absolute atomic E-state index is 0.0473. The zero-order chi connectivity index (χ0) is 28.9. The molecule has 7 rings (SSSR count). The first kappa shape index (κ1) is 28.2. The Labute approximate surface area is 242 Å². The molecule has 1 heterocycles. The van der Waals surface area contributed by atoms with Crippen molar-refractivity contribution in [3.05, 3.63) is 35.9 Å². The van der Waals surface area contributed by atoms with Gasteiger partial charge in [-0.2, -0.15) is 0 Å². The van der Waals surface area contributed by atoms with E-state index in [9.17, 15) is 15.0 Å². The highest BCUT2D eigenvalue weighted by Gasteiger charge is 2.86. The largest absolute Gasteiger partial charge is 0.455 e. The molecular weight excluding hydrogens is 526 g/mol. The zero-order valence-electron chi connectivity index (χ0n) is 24.8. The summed E-state index contributed by atoms with van der Waals surface area (Å²) in [7, 11) is 6.93. The Morgan fingerprint density at radius 3 is 2.41 bits per heavy atom. The van der Waals surface area contributed by atoms with Crippen LogP contribution < -0.4 is 0 Å². The Hall–Kier alpha value is -1.59. The minimum atomic E-state index is -1.53. The van der Waals surface area contributed by atoms with Gasteiger partial charge in [0.05, 0.1) is 30.5 Å². The maximum Gasteiger partial charge on any atom is 0.338 e. The van der Waals surface area contributed by atoms with Gasteiger partial charge in [-0.05, 0) is 43.9 Å². The van der Waals surface area contributed by atoms with Crippen molar-refractivity contribution in [2.75, 3.05) is 48.1 Å². The summed E-state index contributed by atoms with van der Waals surface area (Å²) in [5.41, 5.74) is -1.60. The van der Waals surface area contributed by atoms with Gasteiger partial charge < -0.3 is 33.9 Å². The van der Waals surface area contributed by atoms with E-state index in [0.717, 1.165) is 25.9 Å². The van der Waals surface area contributed by atoms with Crippen molar-refractivity contribution in [2.45, 2.75) is 68.3 Å².